The van der Waals surface area contributed by atoms with Gasteiger partial charge in [-0.1, -0.05) is 6.07 Å². The second-order valence-corrected chi connectivity index (χ2v) is 5.26. The summed E-state index contributed by atoms with van der Waals surface area (Å²) < 4.78 is 0. The lowest BCUT2D eigenvalue weighted by atomic mass is 10.3. The molecule has 0 spiro atoms. The van der Waals surface area contributed by atoms with Crippen LogP contribution in [0.1, 0.15) is 17.1 Å². The molecule has 0 radical (unpaired) electrons. The molecule has 1 aromatic heterocycles. The molecule has 2 atom stereocenters. The minimum atomic E-state index is 0.0243. The Balaban J connectivity index is 2.13. The Labute approximate surface area is 85.7 Å². The van der Waals surface area contributed by atoms with E-state index >= 15 is 0 Å². The molecule has 1 saturated heterocycles. The van der Waals surface area contributed by atoms with Crippen molar-refractivity contribution in [1.82, 2.24) is 5.32 Å². The van der Waals surface area contributed by atoms with E-state index in [9.17, 15) is 4.79 Å². The number of thioether (sulfide) groups is 1. The van der Waals surface area contributed by atoms with Gasteiger partial charge >= 0.3 is 0 Å². The summed E-state index contributed by atoms with van der Waals surface area (Å²) in [6.07, 6.45) is 0. The summed E-state index contributed by atoms with van der Waals surface area (Å²) in [5.41, 5.74) is 0. The van der Waals surface area contributed by atoms with Gasteiger partial charge in [-0.25, -0.2) is 0 Å². The standard InChI is InChI=1S/C9H11NOS2/c1-6-5-13-8(9(11)10-6)7-3-2-4-12-7/h2-4,6,8H,5H2,1H3,(H,10,11)/t6-,8?/m1/s1. The third kappa shape index (κ3) is 1.89. The van der Waals surface area contributed by atoms with Gasteiger partial charge in [0, 0.05) is 16.7 Å². The first kappa shape index (κ1) is 9.09. The lowest BCUT2D eigenvalue weighted by Gasteiger charge is -2.25. The molecule has 2 rings (SSSR count). The quantitative estimate of drug-likeness (QED) is 0.773. The number of carbonyl (C=O) groups is 1. The van der Waals surface area contributed by atoms with E-state index in [4.69, 9.17) is 0 Å². The molecular formula is C9H11NOS2. The molecule has 0 aliphatic carbocycles. The molecule has 1 amide bonds. The summed E-state index contributed by atoms with van der Waals surface area (Å²) in [5, 5.41) is 5.00. The fourth-order valence-electron chi connectivity index (χ4n) is 1.33. The van der Waals surface area contributed by atoms with Crippen molar-refractivity contribution in [3.05, 3.63) is 22.4 Å². The van der Waals surface area contributed by atoms with Gasteiger partial charge in [-0.3, -0.25) is 4.79 Å². The molecule has 70 valence electrons. The Morgan fingerprint density at radius 2 is 2.46 bits per heavy atom. The predicted molar refractivity (Wildman–Crippen MR) is 57.1 cm³/mol. The lowest BCUT2D eigenvalue weighted by molar-refractivity contribution is -0.121. The van der Waals surface area contributed by atoms with Crippen molar-refractivity contribution >= 4 is 29.0 Å². The summed E-state index contributed by atoms with van der Waals surface area (Å²) in [6, 6.07) is 4.33. The highest BCUT2D eigenvalue weighted by Gasteiger charge is 2.28. The van der Waals surface area contributed by atoms with Crippen LogP contribution in [0.15, 0.2) is 17.5 Å². The zero-order valence-electron chi connectivity index (χ0n) is 7.32. The first-order valence-electron chi connectivity index (χ1n) is 4.23. The number of amides is 1. The number of thiophene rings is 1. The van der Waals surface area contributed by atoms with Gasteiger partial charge < -0.3 is 5.32 Å². The maximum atomic E-state index is 11.6. The molecular weight excluding hydrogens is 202 g/mol. The number of rotatable bonds is 1. The second kappa shape index (κ2) is 3.72. The maximum absolute atomic E-state index is 11.6. The van der Waals surface area contributed by atoms with Crippen molar-refractivity contribution < 1.29 is 4.79 Å². The van der Waals surface area contributed by atoms with Gasteiger partial charge in [0.25, 0.3) is 0 Å². The summed E-state index contributed by atoms with van der Waals surface area (Å²) in [6.45, 7) is 2.04. The molecule has 0 saturated carbocycles. The van der Waals surface area contributed by atoms with E-state index in [1.807, 2.05) is 24.4 Å². The molecule has 1 aliphatic heterocycles. The summed E-state index contributed by atoms with van der Waals surface area (Å²) in [5.74, 6) is 1.17. The average Bonchev–Trinajstić information content (AvgIpc) is 2.56. The minimum absolute atomic E-state index is 0.0243. The van der Waals surface area contributed by atoms with E-state index in [1.54, 1.807) is 23.1 Å². The van der Waals surface area contributed by atoms with Crippen LogP contribution in [0, 0.1) is 0 Å². The average molecular weight is 213 g/mol. The van der Waals surface area contributed by atoms with E-state index in [1.165, 1.54) is 0 Å². The highest BCUT2D eigenvalue weighted by Crippen LogP contribution is 2.34. The Bertz CT molecular complexity index is 297. The molecule has 1 aromatic rings. The third-order valence-electron chi connectivity index (χ3n) is 1.94. The highest BCUT2D eigenvalue weighted by molar-refractivity contribution is 8.00. The number of carbonyl (C=O) groups excluding carboxylic acids is 1. The van der Waals surface area contributed by atoms with Crippen LogP contribution < -0.4 is 5.32 Å². The Hall–Kier alpha value is -0.480. The van der Waals surface area contributed by atoms with Gasteiger partial charge in [0.1, 0.15) is 5.25 Å². The number of hydrogen-bond donors (Lipinski definition) is 1. The monoisotopic (exact) mass is 213 g/mol. The molecule has 0 aromatic carbocycles. The van der Waals surface area contributed by atoms with Crippen LogP contribution in [0.25, 0.3) is 0 Å². The fourth-order valence-corrected chi connectivity index (χ4v) is 3.43. The number of nitrogens with one attached hydrogen (secondary N) is 1. The van der Waals surface area contributed by atoms with Gasteiger partial charge in [0.05, 0.1) is 0 Å². The number of hydrogen-bond acceptors (Lipinski definition) is 3. The molecule has 4 heteroatoms. The molecule has 13 heavy (non-hydrogen) atoms. The van der Waals surface area contributed by atoms with Crippen LogP contribution in [0.4, 0.5) is 0 Å². The first-order chi connectivity index (χ1) is 6.27. The zero-order valence-corrected chi connectivity index (χ0v) is 8.95. The van der Waals surface area contributed by atoms with E-state index in [0.717, 1.165) is 10.6 Å². The smallest absolute Gasteiger partial charge is 0.238 e. The van der Waals surface area contributed by atoms with Crippen molar-refractivity contribution in [2.45, 2.75) is 18.2 Å². The highest BCUT2D eigenvalue weighted by atomic mass is 32.2. The van der Waals surface area contributed by atoms with Crippen molar-refractivity contribution in [2.75, 3.05) is 5.75 Å². The second-order valence-electron chi connectivity index (χ2n) is 3.14. The van der Waals surface area contributed by atoms with Crippen LogP contribution in [0.3, 0.4) is 0 Å². The van der Waals surface area contributed by atoms with E-state index in [0.29, 0.717) is 6.04 Å². The summed E-state index contributed by atoms with van der Waals surface area (Å²) in [7, 11) is 0. The van der Waals surface area contributed by atoms with Crippen LogP contribution in [0.2, 0.25) is 0 Å². The lowest BCUT2D eigenvalue weighted by Crippen LogP contribution is -2.41. The van der Waals surface area contributed by atoms with Gasteiger partial charge in [-0.2, -0.15) is 0 Å². The molecule has 1 N–H and O–H groups in total. The minimum Gasteiger partial charge on any atom is -0.352 e. The van der Waals surface area contributed by atoms with Crippen molar-refractivity contribution in [3.63, 3.8) is 0 Å². The normalized spacial score (nSPS) is 28.5. The van der Waals surface area contributed by atoms with Gasteiger partial charge in [0.15, 0.2) is 0 Å². The Morgan fingerprint density at radius 3 is 3.08 bits per heavy atom. The van der Waals surface area contributed by atoms with E-state index in [2.05, 4.69) is 5.32 Å². The Morgan fingerprint density at radius 1 is 1.62 bits per heavy atom. The van der Waals surface area contributed by atoms with Gasteiger partial charge in [-0.15, -0.1) is 23.1 Å². The molecule has 1 fully saturated rings. The largest absolute Gasteiger partial charge is 0.352 e. The van der Waals surface area contributed by atoms with Crippen LogP contribution in [-0.4, -0.2) is 17.7 Å². The van der Waals surface area contributed by atoms with Crippen LogP contribution in [0.5, 0.6) is 0 Å². The van der Waals surface area contributed by atoms with Gasteiger partial charge in [-0.05, 0) is 18.4 Å². The molecule has 2 nitrogen and oxygen atoms in total. The first-order valence-corrected chi connectivity index (χ1v) is 6.15. The maximum Gasteiger partial charge on any atom is 0.238 e. The zero-order chi connectivity index (χ0) is 9.26. The van der Waals surface area contributed by atoms with Crippen LogP contribution in [-0.2, 0) is 4.79 Å². The summed E-state index contributed by atoms with van der Waals surface area (Å²) >= 11 is 3.39. The fraction of sp³-hybridized carbons (Fsp3) is 0.444. The van der Waals surface area contributed by atoms with Crippen molar-refractivity contribution in [3.8, 4) is 0 Å². The predicted octanol–water partition coefficient (Wildman–Crippen LogP) is 2.04. The molecule has 0 bridgehead atoms. The third-order valence-corrected chi connectivity index (χ3v) is 4.52. The molecule has 1 aliphatic rings. The SMILES string of the molecule is C[C@@H]1CSC(c2cccs2)C(=O)N1. The molecule has 1 unspecified atom stereocenters. The van der Waals surface area contributed by atoms with E-state index < -0.39 is 0 Å². The van der Waals surface area contributed by atoms with E-state index in [-0.39, 0.29) is 11.2 Å². The van der Waals surface area contributed by atoms with Crippen LogP contribution >= 0.6 is 23.1 Å². The van der Waals surface area contributed by atoms with Crippen molar-refractivity contribution in [1.29, 1.82) is 0 Å². The Kier molecular flexibility index (Phi) is 2.60. The summed E-state index contributed by atoms with van der Waals surface area (Å²) in [4.78, 5) is 12.7. The van der Waals surface area contributed by atoms with Gasteiger partial charge in [0.2, 0.25) is 5.91 Å². The topological polar surface area (TPSA) is 29.1 Å². The molecule has 2 heterocycles. The van der Waals surface area contributed by atoms with Crippen molar-refractivity contribution in [2.24, 2.45) is 0 Å².